The predicted molar refractivity (Wildman–Crippen MR) is 61.8 cm³/mol. The van der Waals surface area contributed by atoms with Gasteiger partial charge in [0.15, 0.2) is 0 Å². The third kappa shape index (κ3) is 3.16. The monoisotopic (exact) mass is 212 g/mol. The average Bonchev–Trinajstić information content (AvgIpc) is 2.32. The van der Waals surface area contributed by atoms with E-state index >= 15 is 0 Å². The van der Waals surface area contributed by atoms with E-state index in [1.165, 1.54) is 51.9 Å². The summed E-state index contributed by atoms with van der Waals surface area (Å²) in [6.07, 6.45) is 5.46. The van der Waals surface area contributed by atoms with E-state index in [0.29, 0.717) is 6.61 Å². The molecule has 0 spiro atoms. The van der Waals surface area contributed by atoms with Gasteiger partial charge in [-0.25, -0.2) is 0 Å². The van der Waals surface area contributed by atoms with Gasteiger partial charge in [0.25, 0.3) is 0 Å². The fraction of sp³-hybridized carbons (Fsp3) is 1.00. The average molecular weight is 212 g/mol. The van der Waals surface area contributed by atoms with E-state index in [-0.39, 0.29) is 0 Å². The molecule has 15 heavy (non-hydrogen) atoms. The molecule has 0 radical (unpaired) electrons. The molecule has 0 aromatic carbocycles. The zero-order valence-electron chi connectivity index (χ0n) is 9.62. The standard InChI is InChI=1S/C12H24N2O/c15-10-9-14-7-3-12(4-8-14)11-1-5-13-6-2-11/h11-13,15H,1-10H2. The highest BCUT2D eigenvalue weighted by atomic mass is 16.3. The van der Waals surface area contributed by atoms with Crippen LogP contribution in [0.4, 0.5) is 0 Å². The summed E-state index contributed by atoms with van der Waals surface area (Å²) < 4.78 is 0. The smallest absolute Gasteiger partial charge is 0.0558 e. The van der Waals surface area contributed by atoms with Gasteiger partial charge in [0.2, 0.25) is 0 Å². The van der Waals surface area contributed by atoms with Crippen LogP contribution < -0.4 is 5.32 Å². The van der Waals surface area contributed by atoms with Crippen LogP contribution in [0.5, 0.6) is 0 Å². The number of rotatable bonds is 3. The number of hydrogen-bond donors (Lipinski definition) is 2. The molecule has 2 N–H and O–H groups in total. The third-order valence-corrected chi connectivity index (χ3v) is 4.10. The Hall–Kier alpha value is -0.120. The minimum atomic E-state index is 0.317. The highest BCUT2D eigenvalue weighted by molar-refractivity contribution is 4.80. The first-order chi connectivity index (χ1) is 7.40. The SMILES string of the molecule is OCCN1CCC(C2CCNCC2)CC1. The Morgan fingerprint density at radius 3 is 2.20 bits per heavy atom. The molecule has 2 aliphatic rings. The maximum absolute atomic E-state index is 8.88. The van der Waals surface area contributed by atoms with Gasteiger partial charge in [-0.1, -0.05) is 0 Å². The second-order valence-corrected chi connectivity index (χ2v) is 4.99. The molecule has 0 amide bonds. The number of piperidine rings is 2. The molecular weight excluding hydrogens is 188 g/mol. The zero-order valence-corrected chi connectivity index (χ0v) is 9.62. The van der Waals surface area contributed by atoms with Crippen LogP contribution in [0, 0.1) is 11.8 Å². The third-order valence-electron chi connectivity index (χ3n) is 4.10. The summed E-state index contributed by atoms with van der Waals surface area (Å²) >= 11 is 0. The van der Waals surface area contributed by atoms with Gasteiger partial charge in [-0.05, 0) is 63.7 Å². The molecule has 0 atom stereocenters. The van der Waals surface area contributed by atoms with E-state index in [2.05, 4.69) is 10.2 Å². The minimum absolute atomic E-state index is 0.317. The van der Waals surface area contributed by atoms with Gasteiger partial charge in [0.05, 0.1) is 6.61 Å². The van der Waals surface area contributed by atoms with E-state index < -0.39 is 0 Å². The van der Waals surface area contributed by atoms with E-state index in [1.807, 2.05) is 0 Å². The number of likely N-dealkylation sites (tertiary alicyclic amines) is 1. The Balaban J connectivity index is 1.72. The van der Waals surface area contributed by atoms with Crippen molar-refractivity contribution in [3.8, 4) is 0 Å². The van der Waals surface area contributed by atoms with Gasteiger partial charge >= 0.3 is 0 Å². The molecule has 0 aromatic heterocycles. The summed E-state index contributed by atoms with van der Waals surface area (Å²) in [7, 11) is 0. The zero-order chi connectivity index (χ0) is 10.5. The molecule has 3 heteroatoms. The lowest BCUT2D eigenvalue weighted by molar-refractivity contribution is 0.112. The molecule has 0 saturated carbocycles. The van der Waals surface area contributed by atoms with Gasteiger partial charge in [0, 0.05) is 6.54 Å². The first-order valence-corrected chi connectivity index (χ1v) is 6.44. The van der Waals surface area contributed by atoms with Gasteiger partial charge in [-0.3, -0.25) is 0 Å². The molecule has 2 saturated heterocycles. The Morgan fingerprint density at radius 1 is 1.00 bits per heavy atom. The molecule has 0 aliphatic carbocycles. The highest BCUT2D eigenvalue weighted by Gasteiger charge is 2.26. The van der Waals surface area contributed by atoms with Crippen LogP contribution in [0.2, 0.25) is 0 Å². The van der Waals surface area contributed by atoms with E-state index in [4.69, 9.17) is 5.11 Å². The van der Waals surface area contributed by atoms with Gasteiger partial charge in [-0.2, -0.15) is 0 Å². The molecule has 2 rings (SSSR count). The lowest BCUT2D eigenvalue weighted by Crippen LogP contribution is -2.40. The summed E-state index contributed by atoms with van der Waals surface area (Å²) in [5.74, 6) is 1.93. The maximum atomic E-state index is 8.88. The summed E-state index contributed by atoms with van der Waals surface area (Å²) in [6, 6.07) is 0. The topological polar surface area (TPSA) is 35.5 Å². The van der Waals surface area contributed by atoms with Crippen molar-refractivity contribution in [1.82, 2.24) is 10.2 Å². The number of β-amino-alcohol motifs (C(OH)–C–C–N with tert-alkyl or cyclic N) is 1. The Labute approximate surface area is 92.8 Å². The van der Waals surface area contributed by atoms with Crippen molar-refractivity contribution in [2.45, 2.75) is 25.7 Å². The van der Waals surface area contributed by atoms with Gasteiger partial charge < -0.3 is 15.3 Å². The van der Waals surface area contributed by atoms with Crippen LogP contribution in [0.15, 0.2) is 0 Å². The highest BCUT2D eigenvalue weighted by Crippen LogP contribution is 2.30. The van der Waals surface area contributed by atoms with Crippen LogP contribution in [0.3, 0.4) is 0 Å². The van der Waals surface area contributed by atoms with Crippen molar-refractivity contribution in [1.29, 1.82) is 0 Å². The van der Waals surface area contributed by atoms with Gasteiger partial charge in [-0.15, -0.1) is 0 Å². The molecular formula is C12H24N2O. The largest absolute Gasteiger partial charge is 0.395 e. The van der Waals surface area contributed by atoms with Crippen LogP contribution in [-0.4, -0.2) is 49.3 Å². The fourth-order valence-electron chi connectivity index (χ4n) is 3.11. The number of nitrogens with zero attached hydrogens (tertiary/aromatic N) is 1. The molecule has 3 nitrogen and oxygen atoms in total. The normalized spacial score (nSPS) is 27.0. The van der Waals surface area contributed by atoms with Crippen LogP contribution in [-0.2, 0) is 0 Å². The molecule has 88 valence electrons. The number of aliphatic hydroxyl groups excluding tert-OH is 1. The lowest BCUT2D eigenvalue weighted by Gasteiger charge is -2.37. The van der Waals surface area contributed by atoms with Crippen molar-refractivity contribution >= 4 is 0 Å². The quantitative estimate of drug-likeness (QED) is 0.722. The Morgan fingerprint density at radius 2 is 1.60 bits per heavy atom. The van der Waals surface area contributed by atoms with Crippen LogP contribution >= 0.6 is 0 Å². The Kier molecular flexibility index (Phi) is 4.42. The molecule has 0 unspecified atom stereocenters. The Bertz CT molecular complexity index is 172. The number of hydrogen-bond acceptors (Lipinski definition) is 3. The first kappa shape index (κ1) is 11.4. The fourth-order valence-corrected chi connectivity index (χ4v) is 3.11. The van der Waals surface area contributed by atoms with Crippen LogP contribution in [0.1, 0.15) is 25.7 Å². The first-order valence-electron chi connectivity index (χ1n) is 6.44. The molecule has 2 heterocycles. The van der Waals surface area contributed by atoms with Crippen molar-refractivity contribution in [2.75, 3.05) is 39.3 Å². The number of aliphatic hydroxyl groups is 1. The molecule has 2 aliphatic heterocycles. The summed E-state index contributed by atoms with van der Waals surface area (Å²) in [5.41, 5.74) is 0. The van der Waals surface area contributed by atoms with Crippen LogP contribution in [0.25, 0.3) is 0 Å². The van der Waals surface area contributed by atoms with Crippen molar-refractivity contribution in [3.63, 3.8) is 0 Å². The predicted octanol–water partition coefficient (Wildman–Crippen LogP) is 0.690. The van der Waals surface area contributed by atoms with Crippen molar-refractivity contribution < 1.29 is 5.11 Å². The van der Waals surface area contributed by atoms with E-state index in [1.54, 1.807) is 0 Å². The van der Waals surface area contributed by atoms with Crippen molar-refractivity contribution in [3.05, 3.63) is 0 Å². The summed E-state index contributed by atoms with van der Waals surface area (Å²) in [6.45, 7) is 6.05. The van der Waals surface area contributed by atoms with Crippen molar-refractivity contribution in [2.24, 2.45) is 11.8 Å². The molecule has 0 aromatic rings. The maximum Gasteiger partial charge on any atom is 0.0558 e. The molecule has 0 bridgehead atoms. The second-order valence-electron chi connectivity index (χ2n) is 4.99. The van der Waals surface area contributed by atoms with E-state index in [0.717, 1.165) is 18.4 Å². The summed E-state index contributed by atoms with van der Waals surface area (Å²) in [5, 5.41) is 12.3. The minimum Gasteiger partial charge on any atom is -0.395 e. The lowest BCUT2D eigenvalue weighted by atomic mass is 9.79. The summed E-state index contributed by atoms with van der Waals surface area (Å²) in [4.78, 5) is 2.40. The second kappa shape index (κ2) is 5.83. The molecule has 2 fully saturated rings. The number of nitrogens with one attached hydrogen (secondary N) is 1. The van der Waals surface area contributed by atoms with E-state index in [9.17, 15) is 0 Å². The van der Waals surface area contributed by atoms with Gasteiger partial charge in [0.1, 0.15) is 0 Å².